The molecule has 1 unspecified atom stereocenters. The highest BCUT2D eigenvalue weighted by Crippen LogP contribution is 2.56. The first-order valence-electron chi connectivity index (χ1n) is 17.9. The van der Waals surface area contributed by atoms with Gasteiger partial charge in [-0.05, 0) is 88.4 Å². The number of benzene rings is 5. The van der Waals surface area contributed by atoms with E-state index in [-0.39, 0.29) is 11.3 Å². The topological polar surface area (TPSA) is 25.8 Å². The summed E-state index contributed by atoms with van der Waals surface area (Å²) in [6.45, 7) is 2.24. The molecule has 1 fully saturated rings. The van der Waals surface area contributed by atoms with Gasteiger partial charge in [0.05, 0.1) is 11.4 Å². The van der Waals surface area contributed by atoms with E-state index in [4.69, 9.17) is 9.97 Å². The van der Waals surface area contributed by atoms with Crippen molar-refractivity contribution in [3.8, 4) is 44.9 Å². The van der Waals surface area contributed by atoms with Crippen LogP contribution < -0.4 is 0 Å². The van der Waals surface area contributed by atoms with Crippen molar-refractivity contribution >= 4 is 5.57 Å². The van der Waals surface area contributed by atoms with Crippen LogP contribution in [0, 0.1) is 0 Å². The van der Waals surface area contributed by atoms with Gasteiger partial charge in [-0.2, -0.15) is 0 Å². The van der Waals surface area contributed by atoms with E-state index in [2.05, 4.69) is 146 Å². The van der Waals surface area contributed by atoms with Gasteiger partial charge in [0.15, 0.2) is 5.82 Å². The van der Waals surface area contributed by atoms with Crippen LogP contribution in [0.25, 0.3) is 50.5 Å². The molecular weight excluding hydrogens is 593 g/mol. The Balaban J connectivity index is 1.05. The normalized spacial score (nSPS) is 17.6. The molecule has 3 aliphatic carbocycles. The van der Waals surface area contributed by atoms with Crippen molar-refractivity contribution < 1.29 is 0 Å². The minimum atomic E-state index is 0.162. The molecule has 2 heteroatoms. The lowest BCUT2D eigenvalue weighted by Gasteiger charge is -2.36. The molecule has 2 nitrogen and oxygen atoms in total. The third-order valence-electron chi connectivity index (χ3n) is 11.2. The smallest absolute Gasteiger partial charge is 0.160 e. The lowest BCUT2D eigenvalue weighted by atomic mass is 9.68. The Hall–Kier alpha value is -5.34. The zero-order valence-electron chi connectivity index (χ0n) is 28.1. The zero-order valence-corrected chi connectivity index (χ0v) is 28.1. The monoisotopic (exact) mass is 632 g/mol. The molecule has 1 aromatic heterocycles. The Morgan fingerprint density at radius 3 is 1.98 bits per heavy atom. The van der Waals surface area contributed by atoms with Crippen LogP contribution in [0.5, 0.6) is 0 Å². The molecule has 1 atom stereocenters. The van der Waals surface area contributed by atoms with Crippen LogP contribution in [-0.4, -0.2) is 9.97 Å². The fourth-order valence-corrected chi connectivity index (χ4v) is 8.65. The summed E-state index contributed by atoms with van der Waals surface area (Å²) >= 11 is 0. The molecule has 9 rings (SSSR count). The first-order valence-corrected chi connectivity index (χ1v) is 17.9. The van der Waals surface area contributed by atoms with Crippen molar-refractivity contribution in [2.24, 2.45) is 0 Å². The van der Waals surface area contributed by atoms with E-state index in [0.717, 1.165) is 34.8 Å². The van der Waals surface area contributed by atoms with Gasteiger partial charge in [-0.3, -0.25) is 0 Å². The lowest BCUT2D eigenvalue weighted by molar-refractivity contribution is 0.353. The van der Waals surface area contributed by atoms with Gasteiger partial charge in [-0.25, -0.2) is 9.97 Å². The molecule has 1 saturated carbocycles. The van der Waals surface area contributed by atoms with Crippen molar-refractivity contribution in [3.05, 3.63) is 174 Å². The molecule has 5 aromatic carbocycles. The standard InChI is InChI=1S/C47H40N2/c1-32-19-20-38(45-31-44(35-13-5-2-6-14-35)48-46(49-45)36-15-7-3-8-16-36)30-40(32)34-23-21-33(22-24-34)37-25-26-43-41(29-37)39-17-9-10-18-42(39)47(43)27-11-4-12-28-47/h2-3,5-10,13-19,21-26,29-31,38H,4,11-12,20,27-28H2,1H3. The lowest BCUT2D eigenvalue weighted by Crippen LogP contribution is -2.27. The van der Waals surface area contributed by atoms with Crippen LogP contribution in [0.2, 0.25) is 0 Å². The maximum atomic E-state index is 5.15. The minimum absolute atomic E-state index is 0.162. The Labute approximate surface area is 290 Å². The zero-order chi connectivity index (χ0) is 32.8. The summed E-state index contributed by atoms with van der Waals surface area (Å²) in [6.07, 6.45) is 12.3. The van der Waals surface area contributed by atoms with E-state index < -0.39 is 0 Å². The van der Waals surface area contributed by atoms with Gasteiger partial charge in [0.2, 0.25) is 0 Å². The molecule has 0 radical (unpaired) electrons. The van der Waals surface area contributed by atoms with Gasteiger partial charge >= 0.3 is 0 Å². The molecule has 0 N–H and O–H groups in total. The summed E-state index contributed by atoms with van der Waals surface area (Å²) in [5.41, 5.74) is 16.7. The Morgan fingerprint density at radius 1 is 0.551 bits per heavy atom. The quantitative estimate of drug-likeness (QED) is 0.189. The second kappa shape index (κ2) is 12.3. The Kier molecular flexibility index (Phi) is 7.46. The van der Waals surface area contributed by atoms with Crippen molar-refractivity contribution in [3.63, 3.8) is 0 Å². The number of fused-ring (bicyclic) bond motifs is 5. The van der Waals surface area contributed by atoms with Crippen LogP contribution in [-0.2, 0) is 5.41 Å². The fraction of sp³-hybridized carbons (Fsp3) is 0.191. The van der Waals surface area contributed by atoms with Crippen LogP contribution in [0.1, 0.15) is 73.8 Å². The van der Waals surface area contributed by atoms with Crippen molar-refractivity contribution in [1.82, 2.24) is 9.97 Å². The molecule has 1 heterocycles. The van der Waals surface area contributed by atoms with Crippen molar-refractivity contribution in [2.45, 2.75) is 56.8 Å². The highest BCUT2D eigenvalue weighted by molar-refractivity contribution is 5.86. The third-order valence-corrected chi connectivity index (χ3v) is 11.2. The van der Waals surface area contributed by atoms with Crippen LogP contribution in [0.3, 0.4) is 0 Å². The van der Waals surface area contributed by atoms with Crippen molar-refractivity contribution in [1.29, 1.82) is 0 Å². The van der Waals surface area contributed by atoms with E-state index in [9.17, 15) is 0 Å². The van der Waals surface area contributed by atoms with Gasteiger partial charge in [0.25, 0.3) is 0 Å². The van der Waals surface area contributed by atoms with Crippen LogP contribution in [0.15, 0.2) is 151 Å². The van der Waals surface area contributed by atoms with Gasteiger partial charge in [-0.1, -0.05) is 153 Å². The number of rotatable bonds is 5. The third kappa shape index (κ3) is 5.27. The number of hydrogen-bond acceptors (Lipinski definition) is 2. The molecule has 0 aliphatic heterocycles. The van der Waals surface area contributed by atoms with Gasteiger partial charge in [-0.15, -0.1) is 0 Å². The number of allylic oxidation sites excluding steroid dienone is 4. The molecular formula is C47H40N2. The second-order valence-electron chi connectivity index (χ2n) is 14.1. The Bertz CT molecular complexity index is 2160. The average molecular weight is 633 g/mol. The fourth-order valence-electron chi connectivity index (χ4n) is 8.65. The molecule has 1 spiro atoms. The summed E-state index contributed by atoms with van der Waals surface area (Å²) in [7, 11) is 0. The van der Waals surface area contributed by atoms with Crippen LogP contribution >= 0.6 is 0 Å². The molecule has 0 saturated heterocycles. The SMILES string of the molecule is CC1=CCC(c2cc(-c3ccccc3)nc(-c3ccccc3)n2)C=C1c1ccc(-c2ccc3c(c2)-c2ccccc2C32CCCCC2)cc1. The number of nitrogens with zero attached hydrogens (tertiary/aromatic N) is 2. The van der Waals surface area contributed by atoms with Crippen molar-refractivity contribution in [2.75, 3.05) is 0 Å². The predicted octanol–water partition coefficient (Wildman–Crippen LogP) is 12.2. The largest absolute Gasteiger partial charge is 0.232 e. The molecule has 3 aliphatic rings. The van der Waals surface area contributed by atoms with E-state index in [1.54, 1.807) is 11.1 Å². The first kappa shape index (κ1) is 29.8. The maximum Gasteiger partial charge on any atom is 0.160 e. The maximum absolute atomic E-state index is 5.15. The summed E-state index contributed by atoms with van der Waals surface area (Å²) < 4.78 is 0. The predicted molar refractivity (Wildman–Crippen MR) is 203 cm³/mol. The average Bonchev–Trinajstić information content (AvgIpc) is 3.44. The van der Waals surface area contributed by atoms with E-state index in [1.807, 2.05) is 6.07 Å². The summed E-state index contributed by atoms with van der Waals surface area (Å²) in [5, 5.41) is 0. The number of aromatic nitrogens is 2. The first-order chi connectivity index (χ1) is 24.2. The summed E-state index contributed by atoms with van der Waals surface area (Å²) in [4.78, 5) is 10.2. The molecule has 0 bridgehead atoms. The highest BCUT2D eigenvalue weighted by Gasteiger charge is 2.43. The molecule has 0 amide bonds. The highest BCUT2D eigenvalue weighted by atomic mass is 14.9. The van der Waals surface area contributed by atoms with Gasteiger partial charge < -0.3 is 0 Å². The van der Waals surface area contributed by atoms with E-state index in [0.29, 0.717) is 0 Å². The van der Waals surface area contributed by atoms with Gasteiger partial charge in [0, 0.05) is 22.5 Å². The molecule has 49 heavy (non-hydrogen) atoms. The summed E-state index contributed by atoms with van der Waals surface area (Å²) in [5.74, 6) is 0.934. The van der Waals surface area contributed by atoms with E-state index >= 15 is 0 Å². The second-order valence-corrected chi connectivity index (χ2v) is 14.1. The minimum Gasteiger partial charge on any atom is -0.232 e. The van der Waals surface area contributed by atoms with Crippen LogP contribution in [0.4, 0.5) is 0 Å². The number of hydrogen-bond donors (Lipinski definition) is 0. The van der Waals surface area contributed by atoms with Gasteiger partial charge in [0.1, 0.15) is 0 Å². The van der Waals surface area contributed by atoms with E-state index in [1.165, 1.54) is 71.1 Å². The molecule has 6 aromatic rings. The molecule has 238 valence electrons. The summed E-state index contributed by atoms with van der Waals surface area (Å²) in [6, 6.07) is 48.6. The Morgan fingerprint density at radius 2 is 1.20 bits per heavy atom.